The molecule has 0 spiro atoms. The van der Waals surface area contributed by atoms with Gasteiger partial charge < -0.3 is 20.3 Å². The summed E-state index contributed by atoms with van der Waals surface area (Å²) in [7, 11) is 0. The number of nitrogens with one attached hydrogen (secondary N) is 1. The second-order valence-electron chi connectivity index (χ2n) is 25.3. The lowest BCUT2D eigenvalue weighted by Crippen LogP contribution is -2.45. The fraction of sp³-hybridized carbons (Fsp3) is 0.919. The van der Waals surface area contributed by atoms with E-state index in [0.717, 1.165) is 51.4 Å². The zero-order valence-corrected chi connectivity index (χ0v) is 54.3. The van der Waals surface area contributed by atoms with E-state index in [0.29, 0.717) is 25.9 Å². The van der Waals surface area contributed by atoms with Gasteiger partial charge in [0.15, 0.2) is 0 Å². The first-order valence-electron chi connectivity index (χ1n) is 36.6. The van der Waals surface area contributed by atoms with Crippen molar-refractivity contribution in [2.75, 3.05) is 13.2 Å². The Morgan fingerprint density at radius 2 is 0.650 bits per heavy atom. The van der Waals surface area contributed by atoms with Crippen molar-refractivity contribution < 1.29 is 24.5 Å². The van der Waals surface area contributed by atoms with E-state index in [9.17, 15) is 19.8 Å². The number of amides is 1. The fourth-order valence-electron chi connectivity index (χ4n) is 11.7. The van der Waals surface area contributed by atoms with E-state index in [1.807, 2.05) is 0 Å². The molecule has 0 fully saturated rings. The molecule has 0 saturated carbocycles. The summed E-state index contributed by atoms with van der Waals surface area (Å²) in [5, 5.41) is 23.5. The van der Waals surface area contributed by atoms with E-state index in [4.69, 9.17) is 4.74 Å². The molecule has 2 atom stereocenters. The Hall–Kier alpha value is -1.66. The van der Waals surface area contributed by atoms with Gasteiger partial charge in [-0.25, -0.2) is 0 Å². The van der Waals surface area contributed by atoms with Gasteiger partial charge in [-0.15, -0.1) is 0 Å². The van der Waals surface area contributed by atoms with Crippen LogP contribution in [0.3, 0.4) is 0 Å². The summed E-state index contributed by atoms with van der Waals surface area (Å²) in [6.07, 6.45) is 88.1. The van der Waals surface area contributed by atoms with Gasteiger partial charge >= 0.3 is 5.97 Å². The van der Waals surface area contributed by atoms with Crippen LogP contribution in [-0.4, -0.2) is 47.4 Å². The average Bonchev–Trinajstić information content (AvgIpc) is 3.46. The van der Waals surface area contributed by atoms with E-state index >= 15 is 0 Å². The number of carbonyl (C=O) groups excluding carboxylic acids is 2. The zero-order valence-electron chi connectivity index (χ0n) is 54.3. The molecule has 0 radical (unpaired) electrons. The van der Waals surface area contributed by atoms with Gasteiger partial charge in [-0.2, -0.15) is 0 Å². The van der Waals surface area contributed by atoms with Crippen LogP contribution in [0.15, 0.2) is 24.3 Å². The summed E-state index contributed by atoms with van der Waals surface area (Å²) in [4.78, 5) is 24.6. The highest BCUT2D eigenvalue weighted by atomic mass is 16.5. The molecule has 0 rings (SSSR count). The number of rotatable bonds is 69. The van der Waals surface area contributed by atoms with Crippen LogP contribution < -0.4 is 5.32 Å². The molecule has 474 valence electrons. The molecule has 0 saturated heterocycles. The highest BCUT2D eigenvalue weighted by Crippen LogP contribution is 2.20. The van der Waals surface area contributed by atoms with Crippen molar-refractivity contribution in [1.82, 2.24) is 5.32 Å². The van der Waals surface area contributed by atoms with Gasteiger partial charge in [0, 0.05) is 12.8 Å². The molecule has 0 aliphatic rings. The van der Waals surface area contributed by atoms with Crippen molar-refractivity contribution in [1.29, 1.82) is 0 Å². The number of carbonyl (C=O) groups is 2. The SMILES string of the molecule is CCC/C=C\C/C=C\CCCCCCCC(=O)OCCCCCCCCCCCCCCCCCCCCCCCCCCCC(=O)NC(CO)C(O)CCCCCCCCCCCCCCCCCCCCCCCCCCC. The first-order chi connectivity index (χ1) is 39.5. The standard InChI is InChI=1S/C74H143NO5/c1-3-5-7-9-11-13-15-17-18-19-20-21-22-24-27-30-33-36-39-43-46-50-54-58-62-66-72(77)71(70-76)75-73(78)67-63-59-55-51-47-44-40-37-34-31-28-25-23-26-29-32-35-38-41-45-49-53-57-61-65-69-80-74(79)68-64-60-56-52-48-42-16-14-12-10-8-6-4-2/h8,10,14,16,71-72,76-77H,3-7,9,11-13,15,17-70H2,1-2H3,(H,75,78)/b10-8-,16-14-. The predicted octanol–water partition coefficient (Wildman–Crippen LogP) is 23.7. The number of hydrogen-bond acceptors (Lipinski definition) is 5. The van der Waals surface area contributed by atoms with Crippen LogP contribution in [0.25, 0.3) is 0 Å². The van der Waals surface area contributed by atoms with E-state index in [1.165, 1.54) is 327 Å². The number of aliphatic hydroxyl groups excluding tert-OH is 2. The normalized spacial score (nSPS) is 12.6. The maximum Gasteiger partial charge on any atom is 0.305 e. The van der Waals surface area contributed by atoms with Crippen LogP contribution in [0.1, 0.15) is 412 Å². The second-order valence-corrected chi connectivity index (χ2v) is 25.3. The molecule has 3 N–H and O–H groups in total. The number of hydrogen-bond donors (Lipinski definition) is 3. The highest BCUT2D eigenvalue weighted by molar-refractivity contribution is 5.76. The van der Waals surface area contributed by atoms with Crippen LogP contribution in [0, 0.1) is 0 Å². The van der Waals surface area contributed by atoms with E-state index in [-0.39, 0.29) is 18.5 Å². The summed E-state index contributed by atoms with van der Waals surface area (Å²) in [6.45, 7) is 4.93. The summed E-state index contributed by atoms with van der Waals surface area (Å²) in [6, 6.07) is -0.542. The molecule has 80 heavy (non-hydrogen) atoms. The van der Waals surface area contributed by atoms with Crippen molar-refractivity contribution in [3.05, 3.63) is 24.3 Å². The fourth-order valence-corrected chi connectivity index (χ4v) is 11.7. The lowest BCUT2D eigenvalue weighted by Gasteiger charge is -2.22. The number of allylic oxidation sites excluding steroid dienone is 4. The lowest BCUT2D eigenvalue weighted by atomic mass is 10.0. The second kappa shape index (κ2) is 69.8. The molecule has 0 heterocycles. The van der Waals surface area contributed by atoms with Gasteiger partial charge in [-0.3, -0.25) is 9.59 Å². The van der Waals surface area contributed by atoms with Crippen LogP contribution in [0.5, 0.6) is 0 Å². The van der Waals surface area contributed by atoms with Gasteiger partial charge in [0.1, 0.15) is 0 Å². The summed E-state index contributed by atoms with van der Waals surface area (Å²) in [5.74, 6) is -0.0261. The Morgan fingerprint density at radius 3 is 1.00 bits per heavy atom. The molecule has 0 bridgehead atoms. The minimum absolute atomic E-state index is 0.00196. The number of aliphatic hydroxyl groups is 2. The van der Waals surface area contributed by atoms with Crippen molar-refractivity contribution in [3.8, 4) is 0 Å². The van der Waals surface area contributed by atoms with E-state index in [1.54, 1.807) is 0 Å². The summed E-state index contributed by atoms with van der Waals surface area (Å²) in [5.41, 5.74) is 0. The van der Waals surface area contributed by atoms with Gasteiger partial charge in [0.05, 0.1) is 25.4 Å². The molecule has 0 aliphatic carbocycles. The van der Waals surface area contributed by atoms with E-state index < -0.39 is 12.1 Å². The Morgan fingerprint density at radius 1 is 0.350 bits per heavy atom. The van der Waals surface area contributed by atoms with Crippen molar-refractivity contribution >= 4 is 11.9 Å². The molecular formula is C74H143NO5. The Bertz CT molecular complexity index is 1250. The van der Waals surface area contributed by atoms with E-state index in [2.05, 4.69) is 43.5 Å². The smallest absolute Gasteiger partial charge is 0.305 e. The largest absolute Gasteiger partial charge is 0.466 e. The third-order valence-electron chi connectivity index (χ3n) is 17.2. The summed E-state index contributed by atoms with van der Waals surface area (Å²) >= 11 is 0. The molecule has 0 aromatic heterocycles. The molecule has 0 aromatic carbocycles. The molecule has 0 aliphatic heterocycles. The van der Waals surface area contributed by atoms with Crippen molar-refractivity contribution in [2.45, 2.75) is 424 Å². The molecule has 6 nitrogen and oxygen atoms in total. The average molecular weight is 1130 g/mol. The predicted molar refractivity (Wildman–Crippen MR) is 352 cm³/mol. The van der Waals surface area contributed by atoms with Crippen LogP contribution in [0.4, 0.5) is 0 Å². The first-order valence-corrected chi connectivity index (χ1v) is 36.6. The van der Waals surface area contributed by atoms with Gasteiger partial charge in [0.25, 0.3) is 0 Å². The molecule has 6 heteroatoms. The topological polar surface area (TPSA) is 95.9 Å². The Labute approximate surface area is 501 Å². The van der Waals surface area contributed by atoms with Crippen molar-refractivity contribution in [3.63, 3.8) is 0 Å². The van der Waals surface area contributed by atoms with Gasteiger partial charge in [0.2, 0.25) is 5.91 Å². The molecular weight excluding hydrogens is 983 g/mol. The quantitative estimate of drug-likeness (QED) is 0.0320. The van der Waals surface area contributed by atoms with Gasteiger partial charge in [-0.05, 0) is 51.4 Å². The molecule has 2 unspecified atom stereocenters. The number of ether oxygens (including phenoxy) is 1. The Balaban J connectivity index is 3.37. The van der Waals surface area contributed by atoms with Crippen LogP contribution >= 0.6 is 0 Å². The first kappa shape index (κ1) is 78.3. The van der Waals surface area contributed by atoms with Crippen LogP contribution in [-0.2, 0) is 14.3 Å². The Kier molecular flexibility index (Phi) is 68.4. The lowest BCUT2D eigenvalue weighted by molar-refractivity contribution is -0.143. The minimum Gasteiger partial charge on any atom is -0.466 e. The highest BCUT2D eigenvalue weighted by Gasteiger charge is 2.20. The monoisotopic (exact) mass is 1130 g/mol. The summed E-state index contributed by atoms with van der Waals surface area (Å²) < 4.78 is 5.48. The van der Waals surface area contributed by atoms with Gasteiger partial charge in [-0.1, -0.05) is 372 Å². The maximum absolute atomic E-state index is 12.6. The third-order valence-corrected chi connectivity index (χ3v) is 17.2. The minimum atomic E-state index is -0.665. The molecule has 1 amide bonds. The zero-order chi connectivity index (χ0) is 57.8. The molecule has 0 aromatic rings. The maximum atomic E-state index is 12.6. The third kappa shape index (κ3) is 65.5. The van der Waals surface area contributed by atoms with Crippen molar-refractivity contribution in [2.24, 2.45) is 0 Å². The van der Waals surface area contributed by atoms with Crippen LogP contribution in [0.2, 0.25) is 0 Å². The number of unbranched alkanes of at least 4 members (excludes halogenated alkanes) is 54. The number of esters is 1.